The van der Waals surface area contributed by atoms with E-state index in [0.29, 0.717) is 38.2 Å². The van der Waals surface area contributed by atoms with Crippen LogP contribution in [0.5, 0.6) is 5.75 Å². The van der Waals surface area contributed by atoms with Crippen LogP contribution in [0.1, 0.15) is 35.7 Å². The molecule has 5 nitrogen and oxygen atoms in total. The van der Waals surface area contributed by atoms with Gasteiger partial charge in [0.1, 0.15) is 12.0 Å². The molecule has 0 aliphatic rings. The van der Waals surface area contributed by atoms with Crippen molar-refractivity contribution in [1.29, 1.82) is 0 Å². The third-order valence-electron chi connectivity index (χ3n) is 4.08. The largest absolute Gasteiger partial charge is 0.493 e. The van der Waals surface area contributed by atoms with Crippen LogP contribution >= 0.6 is 0 Å². The molecule has 0 N–H and O–H groups in total. The average molecular weight is 370 g/mol. The third-order valence-corrected chi connectivity index (χ3v) is 4.08. The van der Waals surface area contributed by atoms with Crippen molar-refractivity contribution in [2.75, 3.05) is 26.9 Å². The highest BCUT2D eigenvalue weighted by Crippen LogP contribution is 2.32. The van der Waals surface area contributed by atoms with E-state index < -0.39 is 0 Å². The quantitative estimate of drug-likeness (QED) is 0.339. The van der Waals surface area contributed by atoms with E-state index in [1.807, 2.05) is 30.3 Å². The van der Waals surface area contributed by atoms with Gasteiger partial charge in [-0.3, -0.25) is 9.59 Å². The highest BCUT2D eigenvalue weighted by Gasteiger charge is 2.10. The number of aryl methyl sites for hydroxylation is 1. The Balaban J connectivity index is 2.19. The van der Waals surface area contributed by atoms with Gasteiger partial charge in [0, 0.05) is 37.7 Å². The van der Waals surface area contributed by atoms with Crippen LogP contribution in [0.15, 0.2) is 42.5 Å². The molecule has 2 rings (SSSR count). The summed E-state index contributed by atoms with van der Waals surface area (Å²) in [5.41, 5.74) is 3.56. The van der Waals surface area contributed by atoms with Gasteiger partial charge in [-0.05, 0) is 30.5 Å². The summed E-state index contributed by atoms with van der Waals surface area (Å²) < 4.78 is 16.0. The zero-order valence-electron chi connectivity index (χ0n) is 15.9. The van der Waals surface area contributed by atoms with Crippen LogP contribution in [0.25, 0.3) is 11.1 Å². The Morgan fingerprint density at radius 2 is 1.85 bits per heavy atom. The van der Waals surface area contributed by atoms with Crippen molar-refractivity contribution in [2.45, 2.75) is 26.2 Å². The van der Waals surface area contributed by atoms with E-state index in [-0.39, 0.29) is 5.97 Å². The van der Waals surface area contributed by atoms with Gasteiger partial charge in [-0.25, -0.2) is 0 Å². The summed E-state index contributed by atoms with van der Waals surface area (Å²) in [7, 11) is 1.66. The van der Waals surface area contributed by atoms with Crippen LogP contribution in [-0.2, 0) is 20.7 Å². The fourth-order valence-corrected chi connectivity index (χ4v) is 2.69. The Labute approximate surface area is 160 Å². The lowest BCUT2D eigenvalue weighted by Crippen LogP contribution is -2.06. The van der Waals surface area contributed by atoms with Crippen molar-refractivity contribution in [3.63, 3.8) is 0 Å². The Morgan fingerprint density at radius 1 is 1.07 bits per heavy atom. The summed E-state index contributed by atoms with van der Waals surface area (Å²) in [6.45, 7) is 3.36. The highest BCUT2D eigenvalue weighted by molar-refractivity contribution is 5.78. The predicted molar refractivity (Wildman–Crippen MR) is 104 cm³/mol. The maximum Gasteiger partial charge on any atom is 0.306 e. The second-order valence-electron chi connectivity index (χ2n) is 6.07. The number of hydrogen-bond acceptors (Lipinski definition) is 5. The van der Waals surface area contributed by atoms with E-state index in [1.165, 1.54) is 0 Å². The lowest BCUT2D eigenvalue weighted by atomic mass is 10.00. The minimum Gasteiger partial charge on any atom is -0.493 e. The van der Waals surface area contributed by atoms with Gasteiger partial charge in [0.05, 0.1) is 13.2 Å². The van der Waals surface area contributed by atoms with Gasteiger partial charge >= 0.3 is 5.97 Å². The molecule has 0 aliphatic heterocycles. The molecule has 27 heavy (non-hydrogen) atoms. The molecule has 2 aromatic carbocycles. The number of methoxy groups -OCH3 is 1. The molecule has 144 valence electrons. The Hall–Kier alpha value is -2.66. The molecule has 0 aromatic heterocycles. The first kappa shape index (κ1) is 20.6. The summed E-state index contributed by atoms with van der Waals surface area (Å²) in [4.78, 5) is 22.5. The van der Waals surface area contributed by atoms with Crippen molar-refractivity contribution < 1.29 is 23.8 Å². The number of aldehydes is 1. The van der Waals surface area contributed by atoms with Crippen molar-refractivity contribution in [2.24, 2.45) is 0 Å². The molecule has 0 saturated heterocycles. The van der Waals surface area contributed by atoms with Crippen LogP contribution < -0.4 is 4.74 Å². The van der Waals surface area contributed by atoms with E-state index in [9.17, 15) is 9.59 Å². The molecule has 0 aliphatic carbocycles. The summed E-state index contributed by atoms with van der Waals surface area (Å²) in [6, 6.07) is 13.3. The van der Waals surface area contributed by atoms with Crippen molar-refractivity contribution in [1.82, 2.24) is 0 Å². The molecule has 0 fully saturated rings. The fraction of sp³-hybridized carbons (Fsp3) is 0.364. The van der Waals surface area contributed by atoms with Gasteiger partial charge in [-0.1, -0.05) is 36.4 Å². The lowest BCUT2D eigenvalue weighted by molar-refractivity contribution is -0.143. The zero-order valence-corrected chi connectivity index (χ0v) is 15.9. The number of hydrogen-bond donors (Lipinski definition) is 0. The predicted octanol–water partition coefficient (Wildman–Crippen LogP) is 4.08. The minimum absolute atomic E-state index is 0.200. The number of rotatable bonds is 11. The van der Waals surface area contributed by atoms with E-state index >= 15 is 0 Å². The molecule has 0 spiro atoms. The van der Waals surface area contributed by atoms with Gasteiger partial charge in [-0.2, -0.15) is 0 Å². The summed E-state index contributed by atoms with van der Waals surface area (Å²) in [5.74, 6) is 0.555. The first-order valence-corrected chi connectivity index (χ1v) is 9.13. The smallest absolute Gasteiger partial charge is 0.306 e. The summed E-state index contributed by atoms with van der Waals surface area (Å²) in [6.07, 6.45) is 2.54. The molecule has 0 amide bonds. The van der Waals surface area contributed by atoms with Gasteiger partial charge < -0.3 is 14.2 Å². The number of carbonyl (C=O) groups excluding carboxylic acids is 2. The molecule has 0 heterocycles. The Bertz CT molecular complexity index is 737. The molecule has 0 radical (unpaired) electrons. The maximum atomic E-state index is 11.6. The van der Waals surface area contributed by atoms with E-state index in [0.717, 1.165) is 35.1 Å². The fourth-order valence-electron chi connectivity index (χ4n) is 2.69. The van der Waals surface area contributed by atoms with Crippen molar-refractivity contribution >= 4 is 12.3 Å². The molecule has 0 atom stereocenters. The van der Waals surface area contributed by atoms with Crippen LogP contribution in [-0.4, -0.2) is 39.2 Å². The second kappa shape index (κ2) is 11.1. The monoisotopic (exact) mass is 370 g/mol. The SMILES string of the molecule is CCOC(=O)CCc1ccc(-c2ccc(C=O)cc2)c(OCCCOC)c1. The van der Waals surface area contributed by atoms with Crippen LogP contribution in [0.3, 0.4) is 0 Å². The molecule has 5 heteroatoms. The maximum absolute atomic E-state index is 11.6. The molecular formula is C22H26O5. The molecule has 0 unspecified atom stereocenters. The topological polar surface area (TPSA) is 61.8 Å². The number of carbonyl (C=O) groups is 2. The van der Waals surface area contributed by atoms with Gasteiger partial charge in [0.15, 0.2) is 0 Å². The van der Waals surface area contributed by atoms with Gasteiger partial charge in [0.25, 0.3) is 0 Å². The highest BCUT2D eigenvalue weighted by atomic mass is 16.5. The number of esters is 1. The summed E-state index contributed by atoms with van der Waals surface area (Å²) in [5, 5.41) is 0. The molecule has 2 aromatic rings. The molecular weight excluding hydrogens is 344 g/mol. The van der Waals surface area contributed by atoms with Crippen LogP contribution in [0.4, 0.5) is 0 Å². The lowest BCUT2D eigenvalue weighted by Gasteiger charge is -2.14. The Morgan fingerprint density at radius 3 is 2.52 bits per heavy atom. The van der Waals surface area contributed by atoms with Crippen LogP contribution in [0.2, 0.25) is 0 Å². The van der Waals surface area contributed by atoms with E-state index in [2.05, 4.69) is 0 Å². The Kier molecular flexibility index (Phi) is 8.52. The average Bonchev–Trinajstić information content (AvgIpc) is 2.70. The van der Waals surface area contributed by atoms with E-state index in [4.69, 9.17) is 14.2 Å². The third kappa shape index (κ3) is 6.53. The molecule has 0 bridgehead atoms. The summed E-state index contributed by atoms with van der Waals surface area (Å²) >= 11 is 0. The second-order valence-corrected chi connectivity index (χ2v) is 6.07. The van der Waals surface area contributed by atoms with Gasteiger partial charge in [0.2, 0.25) is 0 Å². The van der Waals surface area contributed by atoms with Gasteiger partial charge in [-0.15, -0.1) is 0 Å². The number of benzene rings is 2. The first-order valence-electron chi connectivity index (χ1n) is 9.13. The molecule has 0 saturated carbocycles. The van der Waals surface area contributed by atoms with Crippen molar-refractivity contribution in [3.8, 4) is 16.9 Å². The number of ether oxygens (including phenoxy) is 3. The van der Waals surface area contributed by atoms with Crippen molar-refractivity contribution in [3.05, 3.63) is 53.6 Å². The first-order chi connectivity index (χ1) is 13.2. The minimum atomic E-state index is -0.200. The zero-order chi connectivity index (χ0) is 19.5. The van der Waals surface area contributed by atoms with Crippen LogP contribution in [0, 0.1) is 0 Å². The normalized spacial score (nSPS) is 10.4. The standard InChI is InChI=1S/C22H26O5/c1-3-26-22(24)12-8-17-7-11-20(19-9-5-18(16-23)6-10-19)21(15-17)27-14-4-13-25-2/h5-7,9-11,15-16H,3-4,8,12-14H2,1-2H3. The van der Waals surface area contributed by atoms with E-state index in [1.54, 1.807) is 26.2 Å².